The monoisotopic (exact) mass is 382 g/mol. The number of hydrogen-bond acceptors (Lipinski definition) is 5. The molecule has 1 aliphatic rings. The topological polar surface area (TPSA) is 40.6 Å². The van der Waals surface area contributed by atoms with Crippen molar-refractivity contribution in [3.05, 3.63) is 52.5 Å². The first-order valence-electron chi connectivity index (χ1n) is 8.48. The molecular formula is C18H23FN2O2S2. The molecule has 0 amide bonds. The molecule has 7 heteroatoms. The van der Waals surface area contributed by atoms with E-state index >= 15 is 0 Å². The minimum atomic E-state index is -3.33. The number of rotatable bonds is 7. The summed E-state index contributed by atoms with van der Waals surface area (Å²) in [5, 5.41) is 2.10. The minimum absolute atomic E-state index is 0.105. The van der Waals surface area contributed by atoms with Crippen molar-refractivity contribution in [1.29, 1.82) is 0 Å². The van der Waals surface area contributed by atoms with Crippen molar-refractivity contribution in [3.63, 3.8) is 0 Å². The summed E-state index contributed by atoms with van der Waals surface area (Å²) in [6.07, 6.45) is 0.602. The smallest absolute Gasteiger partial charge is 0.178 e. The molecule has 0 radical (unpaired) electrons. The van der Waals surface area contributed by atoms with Gasteiger partial charge in [0.2, 0.25) is 0 Å². The number of piperazine rings is 1. The number of sulfone groups is 1. The van der Waals surface area contributed by atoms with E-state index in [9.17, 15) is 12.8 Å². The molecule has 0 atom stereocenters. The van der Waals surface area contributed by atoms with Crippen molar-refractivity contribution in [2.45, 2.75) is 17.9 Å². The molecule has 0 aliphatic carbocycles. The Kier molecular flexibility index (Phi) is 6.22. The Balaban J connectivity index is 1.40. The van der Waals surface area contributed by atoms with Gasteiger partial charge in [-0.05, 0) is 48.7 Å². The summed E-state index contributed by atoms with van der Waals surface area (Å²) in [7, 11) is -3.33. The van der Waals surface area contributed by atoms with Gasteiger partial charge in [-0.15, -0.1) is 11.3 Å². The molecule has 0 N–H and O–H groups in total. The Morgan fingerprint density at radius 1 is 1.00 bits per heavy atom. The van der Waals surface area contributed by atoms with Crippen molar-refractivity contribution in [1.82, 2.24) is 9.80 Å². The average molecular weight is 383 g/mol. The van der Waals surface area contributed by atoms with Crippen molar-refractivity contribution >= 4 is 21.2 Å². The van der Waals surface area contributed by atoms with Crippen LogP contribution in [-0.4, -0.2) is 56.7 Å². The fraction of sp³-hybridized carbons (Fsp3) is 0.444. The van der Waals surface area contributed by atoms with Gasteiger partial charge in [0.15, 0.2) is 9.84 Å². The highest BCUT2D eigenvalue weighted by Crippen LogP contribution is 2.15. The molecule has 3 rings (SSSR count). The lowest BCUT2D eigenvalue weighted by Crippen LogP contribution is -2.46. The standard InChI is InChI=1S/C18H23FN2O2S2/c19-16-4-6-18(7-5-16)25(22,23)14-2-8-20-9-11-21(12-10-20)15-17-3-1-13-24-17/h1,3-7,13H,2,8-12,14-15H2. The first-order valence-corrected chi connectivity index (χ1v) is 11.0. The third-order valence-electron chi connectivity index (χ3n) is 4.48. The molecular weight excluding hydrogens is 359 g/mol. The van der Waals surface area contributed by atoms with E-state index in [1.807, 2.05) is 0 Å². The van der Waals surface area contributed by atoms with Gasteiger partial charge in [0.05, 0.1) is 10.6 Å². The Morgan fingerprint density at radius 3 is 2.32 bits per heavy atom. The van der Waals surface area contributed by atoms with Gasteiger partial charge in [0.1, 0.15) is 5.82 Å². The Hall–Kier alpha value is -1.28. The van der Waals surface area contributed by atoms with Crippen LogP contribution in [0.5, 0.6) is 0 Å². The summed E-state index contributed by atoms with van der Waals surface area (Å²) in [4.78, 5) is 6.36. The summed E-state index contributed by atoms with van der Waals surface area (Å²) in [6, 6.07) is 9.32. The van der Waals surface area contributed by atoms with E-state index in [2.05, 4.69) is 27.3 Å². The lowest BCUT2D eigenvalue weighted by molar-refractivity contribution is 0.128. The van der Waals surface area contributed by atoms with E-state index in [1.165, 1.54) is 29.1 Å². The molecule has 1 aromatic heterocycles. The van der Waals surface area contributed by atoms with Crippen molar-refractivity contribution in [2.75, 3.05) is 38.5 Å². The molecule has 4 nitrogen and oxygen atoms in total. The third kappa shape index (κ3) is 5.34. The Bertz CT molecular complexity index is 753. The summed E-state index contributed by atoms with van der Waals surface area (Å²) >= 11 is 1.79. The number of hydrogen-bond donors (Lipinski definition) is 0. The van der Waals surface area contributed by atoms with Gasteiger partial charge in [-0.25, -0.2) is 12.8 Å². The second-order valence-corrected chi connectivity index (χ2v) is 9.46. The van der Waals surface area contributed by atoms with Gasteiger partial charge in [-0.2, -0.15) is 0 Å². The van der Waals surface area contributed by atoms with Crippen LogP contribution < -0.4 is 0 Å². The second-order valence-electron chi connectivity index (χ2n) is 6.32. The predicted octanol–water partition coefficient (Wildman–Crippen LogP) is 2.87. The van der Waals surface area contributed by atoms with Gasteiger partial charge in [0.25, 0.3) is 0 Å². The molecule has 136 valence electrons. The van der Waals surface area contributed by atoms with E-state index in [1.54, 1.807) is 11.3 Å². The summed E-state index contributed by atoms with van der Waals surface area (Å²) in [6.45, 7) is 5.77. The van der Waals surface area contributed by atoms with Crippen LogP contribution in [0.2, 0.25) is 0 Å². The molecule has 0 spiro atoms. The summed E-state index contributed by atoms with van der Waals surface area (Å²) in [5.74, 6) is -0.312. The van der Waals surface area contributed by atoms with E-state index in [-0.39, 0.29) is 10.6 Å². The maximum atomic E-state index is 12.9. The minimum Gasteiger partial charge on any atom is -0.301 e. The zero-order valence-electron chi connectivity index (χ0n) is 14.1. The summed E-state index contributed by atoms with van der Waals surface area (Å²) in [5.41, 5.74) is 0. The number of halogens is 1. The van der Waals surface area contributed by atoms with Crippen molar-refractivity contribution in [3.8, 4) is 0 Å². The van der Waals surface area contributed by atoms with E-state index < -0.39 is 15.7 Å². The SMILES string of the molecule is O=S(=O)(CCCN1CCN(Cc2cccs2)CC1)c1ccc(F)cc1. The normalized spacial score (nSPS) is 17.0. The second kappa shape index (κ2) is 8.40. The van der Waals surface area contributed by atoms with Gasteiger partial charge < -0.3 is 4.90 Å². The van der Waals surface area contributed by atoms with Crippen LogP contribution in [0.25, 0.3) is 0 Å². The Labute approximate surface area is 152 Å². The molecule has 1 saturated heterocycles. The third-order valence-corrected chi connectivity index (χ3v) is 7.16. The van der Waals surface area contributed by atoms with Gasteiger partial charge >= 0.3 is 0 Å². The molecule has 2 heterocycles. The highest BCUT2D eigenvalue weighted by atomic mass is 32.2. The van der Waals surface area contributed by atoms with Gasteiger partial charge in [-0.1, -0.05) is 6.07 Å². The van der Waals surface area contributed by atoms with Crippen molar-refractivity contribution < 1.29 is 12.8 Å². The van der Waals surface area contributed by atoms with Crippen LogP contribution in [0, 0.1) is 5.82 Å². The molecule has 1 fully saturated rings. The van der Waals surface area contributed by atoms with Crippen LogP contribution in [-0.2, 0) is 16.4 Å². The largest absolute Gasteiger partial charge is 0.301 e. The van der Waals surface area contributed by atoms with Crippen LogP contribution in [0.1, 0.15) is 11.3 Å². The van der Waals surface area contributed by atoms with Gasteiger partial charge in [0, 0.05) is 37.6 Å². The molecule has 1 aromatic carbocycles. The van der Waals surface area contributed by atoms with E-state index in [0.29, 0.717) is 6.42 Å². The predicted molar refractivity (Wildman–Crippen MR) is 99.1 cm³/mol. The highest BCUT2D eigenvalue weighted by Gasteiger charge is 2.19. The van der Waals surface area contributed by atoms with E-state index in [4.69, 9.17) is 0 Å². The first-order chi connectivity index (χ1) is 12.0. The fourth-order valence-corrected chi connectivity index (χ4v) is 5.07. The number of nitrogens with zero attached hydrogens (tertiary/aromatic N) is 2. The molecule has 25 heavy (non-hydrogen) atoms. The maximum absolute atomic E-state index is 12.9. The average Bonchev–Trinajstić information content (AvgIpc) is 3.10. The van der Waals surface area contributed by atoms with Gasteiger partial charge in [-0.3, -0.25) is 4.90 Å². The zero-order chi connectivity index (χ0) is 17.7. The number of benzene rings is 1. The molecule has 0 unspecified atom stereocenters. The van der Waals surface area contributed by atoms with E-state index in [0.717, 1.165) is 39.3 Å². The maximum Gasteiger partial charge on any atom is 0.178 e. The lowest BCUT2D eigenvalue weighted by Gasteiger charge is -2.34. The molecule has 0 bridgehead atoms. The van der Waals surface area contributed by atoms with Crippen molar-refractivity contribution in [2.24, 2.45) is 0 Å². The van der Waals surface area contributed by atoms with Crippen LogP contribution in [0.3, 0.4) is 0 Å². The quantitative estimate of drug-likeness (QED) is 0.691. The highest BCUT2D eigenvalue weighted by molar-refractivity contribution is 7.91. The summed E-state index contributed by atoms with van der Waals surface area (Å²) < 4.78 is 37.4. The first kappa shape index (κ1) is 18.5. The fourth-order valence-electron chi connectivity index (χ4n) is 3.03. The molecule has 2 aromatic rings. The number of thiophene rings is 1. The van der Waals surface area contributed by atoms with Crippen LogP contribution >= 0.6 is 11.3 Å². The molecule has 0 saturated carbocycles. The van der Waals surface area contributed by atoms with Crippen LogP contribution in [0.4, 0.5) is 4.39 Å². The van der Waals surface area contributed by atoms with Crippen LogP contribution in [0.15, 0.2) is 46.7 Å². The lowest BCUT2D eigenvalue weighted by atomic mass is 10.3. The zero-order valence-corrected chi connectivity index (χ0v) is 15.7. The molecule has 1 aliphatic heterocycles. The Morgan fingerprint density at radius 2 is 1.68 bits per heavy atom.